The first kappa shape index (κ1) is 14.6. The van der Waals surface area contributed by atoms with Crippen LogP contribution in [0, 0.1) is 0 Å². The van der Waals surface area contributed by atoms with Crippen molar-refractivity contribution in [1.82, 2.24) is 0 Å². The molecule has 0 radical (unpaired) electrons. The van der Waals surface area contributed by atoms with Crippen molar-refractivity contribution in [1.29, 1.82) is 0 Å². The summed E-state index contributed by atoms with van der Waals surface area (Å²) in [6, 6.07) is 26.9. The Hall–Kier alpha value is -1.96. The molecule has 0 saturated heterocycles. The molecule has 0 N–H and O–H groups in total. The first-order chi connectivity index (χ1) is 11.4. The molecular weight excluding hydrogens is 365 g/mol. The molecule has 112 valence electrons. The Labute approximate surface area is 143 Å². The van der Waals surface area contributed by atoms with Crippen LogP contribution in [0.3, 0.4) is 0 Å². The third kappa shape index (κ3) is 3.21. The van der Waals surface area contributed by atoms with Crippen molar-refractivity contribution in [2.45, 2.75) is 4.90 Å². The van der Waals surface area contributed by atoms with Crippen LogP contribution in [-0.2, 0) is 0 Å². The third-order valence-electron chi connectivity index (χ3n) is 3.46. The molecule has 4 heteroatoms. The Morgan fingerprint density at radius 3 is 2.43 bits per heavy atom. The number of benzene rings is 3. The molecule has 1 unspecified atom stereocenters. The number of rotatable bonds is 1. The van der Waals surface area contributed by atoms with Gasteiger partial charge in [-0.25, -0.2) is 0 Å². The summed E-state index contributed by atoms with van der Waals surface area (Å²) < 4.78 is 7.77. The van der Waals surface area contributed by atoms with Crippen molar-refractivity contribution in [3.8, 4) is 5.75 Å². The second kappa shape index (κ2) is 6.65. The number of hydrogen-bond donors (Lipinski definition) is 0. The van der Waals surface area contributed by atoms with Gasteiger partial charge in [0.05, 0.1) is 0 Å². The molecule has 0 saturated carbocycles. The van der Waals surface area contributed by atoms with Crippen LogP contribution in [0.4, 0.5) is 5.69 Å². The standard InChI is InChI=1S/C19H14AsNOS/c1-2-9-16(10-3-1)20-22-18-12-6-4-8-15(18)14-21-17-11-5-7-13-19(17)23-20/h1-14H. The van der Waals surface area contributed by atoms with Crippen molar-refractivity contribution in [3.05, 3.63) is 84.4 Å². The van der Waals surface area contributed by atoms with Gasteiger partial charge in [0.25, 0.3) is 0 Å². The minimum absolute atomic E-state index is 0.917. The van der Waals surface area contributed by atoms with E-state index in [0.29, 0.717) is 0 Å². The van der Waals surface area contributed by atoms with E-state index in [-0.39, 0.29) is 0 Å². The fourth-order valence-corrected chi connectivity index (χ4v) is 8.84. The van der Waals surface area contributed by atoms with Crippen molar-refractivity contribution in [2.75, 3.05) is 0 Å². The average molecular weight is 379 g/mol. The van der Waals surface area contributed by atoms with Crippen LogP contribution in [0.2, 0.25) is 0 Å². The van der Waals surface area contributed by atoms with Gasteiger partial charge in [-0.3, -0.25) is 0 Å². The van der Waals surface area contributed by atoms with Crippen LogP contribution in [0.25, 0.3) is 0 Å². The third-order valence-corrected chi connectivity index (χ3v) is 10.2. The van der Waals surface area contributed by atoms with E-state index in [1.807, 2.05) is 46.6 Å². The first-order valence-corrected chi connectivity index (χ1v) is 12.1. The Balaban J connectivity index is 1.84. The molecule has 0 amide bonds. The van der Waals surface area contributed by atoms with Gasteiger partial charge >= 0.3 is 144 Å². The maximum absolute atomic E-state index is 6.48. The van der Waals surface area contributed by atoms with Crippen molar-refractivity contribution in [3.63, 3.8) is 0 Å². The zero-order valence-electron chi connectivity index (χ0n) is 12.3. The molecule has 1 heterocycles. The number of hydrogen-bond acceptors (Lipinski definition) is 3. The van der Waals surface area contributed by atoms with E-state index in [1.54, 1.807) is 0 Å². The van der Waals surface area contributed by atoms with Crippen molar-refractivity contribution in [2.24, 2.45) is 4.99 Å². The second-order valence-corrected chi connectivity index (χ2v) is 11.1. The predicted molar refractivity (Wildman–Crippen MR) is 98.5 cm³/mol. The first-order valence-electron chi connectivity index (χ1n) is 7.33. The molecule has 0 aromatic heterocycles. The minimum atomic E-state index is -1.81. The monoisotopic (exact) mass is 379 g/mol. The Morgan fingerprint density at radius 1 is 0.783 bits per heavy atom. The number of fused-ring (bicyclic) bond motifs is 2. The zero-order chi connectivity index (χ0) is 15.5. The van der Waals surface area contributed by atoms with Crippen LogP contribution in [0.1, 0.15) is 5.56 Å². The summed E-state index contributed by atoms with van der Waals surface area (Å²) in [7, 11) is 1.83. The van der Waals surface area contributed by atoms with Gasteiger partial charge in [-0.05, 0) is 0 Å². The molecule has 0 bridgehead atoms. The average Bonchev–Trinajstić information content (AvgIpc) is 2.69. The van der Waals surface area contributed by atoms with Crippen LogP contribution >= 0.6 is 10.0 Å². The molecule has 0 fully saturated rings. The summed E-state index contributed by atoms with van der Waals surface area (Å²) in [4.78, 5) is 5.85. The van der Waals surface area contributed by atoms with Gasteiger partial charge in [0.2, 0.25) is 0 Å². The molecule has 0 aliphatic carbocycles. The summed E-state index contributed by atoms with van der Waals surface area (Å²) in [5, 5.41) is 0. The molecule has 1 aliphatic heterocycles. The number of nitrogens with zero attached hydrogens (tertiary/aromatic N) is 1. The van der Waals surface area contributed by atoms with Crippen molar-refractivity contribution >= 4 is 40.1 Å². The van der Waals surface area contributed by atoms with E-state index in [4.69, 9.17) is 3.73 Å². The van der Waals surface area contributed by atoms with E-state index in [0.717, 1.165) is 17.0 Å². The quantitative estimate of drug-likeness (QED) is 0.588. The van der Waals surface area contributed by atoms with Gasteiger partial charge in [0.15, 0.2) is 0 Å². The Morgan fingerprint density at radius 2 is 1.52 bits per heavy atom. The van der Waals surface area contributed by atoms with Gasteiger partial charge in [-0.15, -0.1) is 0 Å². The van der Waals surface area contributed by atoms with Crippen LogP contribution in [-0.4, -0.2) is 20.1 Å². The SMILES string of the molecule is C1=Nc2ccccc2S[As](c2ccccc2)Oc2ccccc21. The van der Waals surface area contributed by atoms with Gasteiger partial charge in [0, 0.05) is 0 Å². The summed E-state index contributed by atoms with van der Waals surface area (Å²) in [6.07, 6.45) is 1.90. The summed E-state index contributed by atoms with van der Waals surface area (Å²) >= 11 is -1.81. The fourth-order valence-electron chi connectivity index (χ4n) is 2.30. The van der Waals surface area contributed by atoms with E-state index in [1.165, 1.54) is 9.25 Å². The number of aliphatic imine (C=N–C) groups is 1. The summed E-state index contributed by atoms with van der Waals surface area (Å²) in [5.41, 5.74) is 2.04. The molecule has 4 rings (SSSR count). The van der Waals surface area contributed by atoms with Crippen LogP contribution in [0.5, 0.6) is 5.75 Å². The van der Waals surface area contributed by atoms with Gasteiger partial charge in [-0.2, -0.15) is 0 Å². The van der Waals surface area contributed by atoms with E-state index < -0.39 is 13.8 Å². The van der Waals surface area contributed by atoms with Gasteiger partial charge < -0.3 is 0 Å². The Bertz CT molecular complexity index is 799. The van der Waals surface area contributed by atoms with E-state index in [2.05, 4.69) is 53.5 Å². The second-order valence-electron chi connectivity index (χ2n) is 5.04. The molecule has 23 heavy (non-hydrogen) atoms. The molecule has 2 nitrogen and oxygen atoms in total. The topological polar surface area (TPSA) is 21.6 Å². The number of para-hydroxylation sites is 2. The van der Waals surface area contributed by atoms with Gasteiger partial charge in [0.1, 0.15) is 0 Å². The normalized spacial score (nSPS) is 16.3. The Kier molecular flexibility index (Phi) is 4.23. The summed E-state index contributed by atoms with van der Waals surface area (Å²) in [5.74, 6) is 0.917. The van der Waals surface area contributed by atoms with Crippen LogP contribution in [0.15, 0.2) is 88.8 Å². The summed E-state index contributed by atoms with van der Waals surface area (Å²) in [6.45, 7) is 0. The molecule has 3 aromatic carbocycles. The molecule has 1 atom stereocenters. The van der Waals surface area contributed by atoms with Crippen LogP contribution < -0.4 is 8.08 Å². The zero-order valence-corrected chi connectivity index (χ0v) is 15.0. The molecule has 3 aromatic rings. The van der Waals surface area contributed by atoms with E-state index in [9.17, 15) is 0 Å². The molecule has 0 spiro atoms. The van der Waals surface area contributed by atoms with Gasteiger partial charge in [-0.1, -0.05) is 0 Å². The molecule has 1 aliphatic rings. The predicted octanol–water partition coefficient (Wildman–Crippen LogP) is 4.32. The molecular formula is C19H14AsNOS. The van der Waals surface area contributed by atoms with E-state index >= 15 is 0 Å². The maximum atomic E-state index is 6.48. The fraction of sp³-hybridized carbons (Fsp3) is 0. The van der Waals surface area contributed by atoms with Crippen molar-refractivity contribution < 1.29 is 3.73 Å².